The molecule has 4 rings (SSSR count). The molecule has 2 aromatic heterocycles. The van der Waals surface area contributed by atoms with E-state index in [4.69, 9.17) is 29.0 Å². The minimum atomic E-state index is -4.56. The summed E-state index contributed by atoms with van der Waals surface area (Å²) in [5, 5.41) is 11.2. The van der Waals surface area contributed by atoms with Gasteiger partial charge in [-0.3, -0.25) is 14.3 Å². The molecule has 0 radical (unpaired) electrons. The van der Waals surface area contributed by atoms with Crippen LogP contribution in [0.25, 0.3) is 21.8 Å². The van der Waals surface area contributed by atoms with Gasteiger partial charge < -0.3 is 34.1 Å². The highest BCUT2D eigenvalue weighted by Crippen LogP contribution is 2.63. The van der Waals surface area contributed by atoms with Crippen molar-refractivity contribution in [2.45, 2.75) is 58.5 Å². The van der Waals surface area contributed by atoms with Gasteiger partial charge in [0.15, 0.2) is 5.82 Å². The number of carbonyl (C=O) groups is 1. The number of rotatable bonds is 21. The van der Waals surface area contributed by atoms with E-state index in [2.05, 4.69) is 9.97 Å². The molecular weight excluding hydrogens is 659 g/mol. The molecule has 14 heteroatoms. The van der Waals surface area contributed by atoms with E-state index in [1.165, 1.54) is 13.8 Å². The third kappa shape index (κ3) is 9.92. The van der Waals surface area contributed by atoms with Crippen molar-refractivity contribution in [2.24, 2.45) is 0 Å². The van der Waals surface area contributed by atoms with Crippen LogP contribution in [0.4, 0.5) is 14.6 Å². The molecule has 0 fully saturated rings. The molecule has 0 saturated heterocycles. The average Bonchev–Trinajstić information content (AvgIpc) is 3.06. The summed E-state index contributed by atoms with van der Waals surface area (Å²) in [5.41, 5.74) is 7.97. The first-order valence-electron chi connectivity index (χ1n) is 16.3. The Morgan fingerprint density at radius 1 is 0.939 bits per heavy atom. The molecule has 0 atom stereocenters. The van der Waals surface area contributed by atoms with Gasteiger partial charge in [-0.2, -0.15) is 8.78 Å². The summed E-state index contributed by atoms with van der Waals surface area (Å²) in [5.74, 6) is 0.121. The highest BCUT2D eigenvalue weighted by Gasteiger charge is 2.52. The Hall–Kier alpha value is -3.74. The molecular formula is C35H44F2N3O8P. The molecule has 0 aliphatic carbocycles. The minimum absolute atomic E-state index is 0.0164. The van der Waals surface area contributed by atoms with Crippen LogP contribution < -0.4 is 10.5 Å². The van der Waals surface area contributed by atoms with Gasteiger partial charge in [-0.05, 0) is 80.5 Å². The smallest absolute Gasteiger partial charge is 0.399 e. The van der Waals surface area contributed by atoms with Gasteiger partial charge in [-0.1, -0.05) is 24.3 Å². The standard InChI is InChI=1S/C35H44F2N3O8P/c1-4-47-49(43,48-5-2)35(36,37)16-17-44-18-19-45-20-21-46-27-13-12-25(24(3)22-27)10-11-26-23-39-33-32(28(26)14-15-31(41)42)29-8-6-7-9-30(29)40-34(33)38/h6-9,12-13,22-23H,4-5,10-11,14-21H2,1-3H3,(H2,38,40)(H,41,42). The van der Waals surface area contributed by atoms with Crippen LogP contribution in [-0.4, -0.2) is 73.0 Å². The number of aromatic nitrogens is 2. The van der Waals surface area contributed by atoms with Gasteiger partial charge in [0.05, 0.1) is 45.2 Å². The van der Waals surface area contributed by atoms with Crippen LogP contribution in [0, 0.1) is 6.92 Å². The van der Waals surface area contributed by atoms with Crippen LogP contribution in [0.2, 0.25) is 0 Å². The molecule has 4 aromatic rings. The van der Waals surface area contributed by atoms with Gasteiger partial charge >= 0.3 is 19.2 Å². The van der Waals surface area contributed by atoms with Crippen molar-refractivity contribution >= 4 is 41.2 Å². The number of aliphatic carboxylic acids is 1. The number of halogens is 2. The predicted octanol–water partition coefficient (Wildman–Crippen LogP) is 7.14. The van der Waals surface area contributed by atoms with E-state index in [1.807, 2.05) is 49.4 Å². The lowest BCUT2D eigenvalue weighted by Gasteiger charge is -2.25. The lowest BCUT2D eigenvalue weighted by atomic mass is 9.92. The van der Waals surface area contributed by atoms with Crippen molar-refractivity contribution in [3.8, 4) is 5.75 Å². The number of pyridine rings is 2. The van der Waals surface area contributed by atoms with Crippen molar-refractivity contribution in [3.63, 3.8) is 0 Å². The highest BCUT2D eigenvalue weighted by atomic mass is 31.2. The number of hydrogen-bond donors (Lipinski definition) is 2. The molecule has 0 amide bonds. The van der Waals surface area contributed by atoms with E-state index in [0.29, 0.717) is 36.3 Å². The molecule has 2 aromatic carbocycles. The van der Waals surface area contributed by atoms with Crippen LogP contribution in [0.15, 0.2) is 48.7 Å². The molecule has 3 N–H and O–H groups in total. The summed E-state index contributed by atoms with van der Waals surface area (Å²) >= 11 is 0. The molecule has 49 heavy (non-hydrogen) atoms. The number of nitrogen functional groups attached to an aromatic ring is 1. The molecule has 266 valence electrons. The number of anilines is 1. The summed E-state index contributed by atoms with van der Waals surface area (Å²) in [4.78, 5) is 20.7. The number of carboxylic acid groups (broad SMARTS) is 1. The maximum atomic E-state index is 14.4. The number of hydrogen-bond acceptors (Lipinski definition) is 10. The number of para-hydroxylation sites is 1. The Balaban J connectivity index is 1.27. The maximum absolute atomic E-state index is 14.4. The molecule has 0 bridgehead atoms. The minimum Gasteiger partial charge on any atom is -0.491 e. The molecule has 0 saturated carbocycles. The van der Waals surface area contributed by atoms with Gasteiger partial charge in [-0.25, -0.2) is 4.98 Å². The third-order valence-electron chi connectivity index (χ3n) is 7.91. The van der Waals surface area contributed by atoms with Gasteiger partial charge in [0.1, 0.15) is 17.9 Å². The summed E-state index contributed by atoms with van der Waals surface area (Å²) < 4.78 is 67.1. The van der Waals surface area contributed by atoms with E-state index in [1.54, 1.807) is 6.20 Å². The van der Waals surface area contributed by atoms with Crippen molar-refractivity contribution in [1.29, 1.82) is 0 Å². The Labute approximate surface area is 284 Å². The SMILES string of the molecule is CCOP(=O)(OCC)C(F)(F)CCOCCOCCOc1ccc(CCc2cnc3c(N)nc4ccccc4c3c2CCC(=O)O)c(C)c1. The lowest BCUT2D eigenvalue weighted by molar-refractivity contribution is -0.136. The predicted molar refractivity (Wildman–Crippen MR) is 184 cm³/mol. The van der Waals surface area contributed by atoms with E-state index in [0.717, 1.165) is 38.5 Å². The number of ether oxygens (including phenoxy) is 3. The van der Waals surface area contributed by atoms with Gasteiger partial charge in [0, 0.05) is 29.8 Å². The number of nitrogens with two attached hydrogens (primary N) is 1. The van der Waals surface area contributed by atoms with Crippen LogP contribution in [0.3, 0.4) is 0 Å². The molecule has 0 spiro atoms. The van der Waals surface area contributed by atoms with Crippen LogP contribution in [0.5, 0.6) is 5.75 Å². The lowest BCUT2D eigenvalue weighted by Crippen LogP contribution is -2.23. The zero-order valence-corrected chi connectivity index (χ0v) is 29.0. The van der Waals surface area contributed by atoms with E-state index >= 15 is 0 Å². The fourth-order valence-corrected chi connectivity index (χ4v) is 7.01. The van der Waals surface area contributed by atoms with E-state index < -0.39 is 25.6 Å². The number of fused-ring (bicyclic) bond motifs is 3. The molecule has 11 nitrogen and oxygen atoms in total. The quantitative estimate of drug-likeness (QED) is 0.0518. The van der Waals surface area contributed by atoms with Gasteiger partial charge in [0.2, 0.25) is 0 Å². The first kappa shape index (κ1) is 38.1. The number of aryl methyl sites for hydroxylation is 4. The van der Waals surface area contributed by atoms with Crippen LogP contribution in [-0.2, 0) is 47.1 Å². The van der Waals surface area contributed by atoms with E-state index in [-0.39, 0.29) is 52.7 Å². The first-order valence-corrected chi connectivity index (χ1v) is 17.8. The fourth-order valence-electron chi connectivity index (χ4n) is 5.52. The molecule has 0 unspecified atom stereocenters. The zero-order valence-electron chi connectivity index (χ0n) is 28.1. The number of benzene rings is 2. The second kappa shape index (κ2) is 17.8. The second-order valence-corrected chi connectivity index (χ2v) is 13.5. The third-order valence-corrected chi connectivity index (χ3v) is 10.1. The van der Waals surface area contributed by atoms with Gasteiger partial charge in [0.25, 0.3) is 0 Å². The summed E-state index contributed by atoms with van der Waals surface area (Å²) in [6.07, 6.45) is 2.68. The number of carboxylic acids is 1. The maximum Gasteiger partial charge on any atom is 0.399 e. The Morgan fingerprint density at radius 2 is 1.61 bits per heavy atom. The first-order chi connectivity index (χ1) is 23.5. The van der Waals surface area contributed by atoms with Crippen molar-refractivity contribution < 1.29 is 46.5 Å². The van der Waals surface area contributed by atoms with Crippen LogP contribution in [0.1, 0.15) is 48.9 Å². The molecule has 0 aliphatic rings. The average molecular weight is 704 g/mol. The van der Waals surface area contributed by atoms with Crippen molar-refractivity contribution in [2.75, 3.05) is 52.0 Å². The Morgan fingerprint density at radius 3 is 2.31 bits per heavy atom. The largest absolute Gasteiger partial charge is 0.491 e. The number of alkyl halides is 2. The van der Waals surface area contributed by atoms with E-state index in [9.17, 15) is 23.2 Å². The Kier molecular flexibility index (Phi) is 13.8. The number of nitrogens with zero attached hydrogens (tertiary/aromatic N) is 2. The molecule has 2 heterocycles. The molecule has 0 aliphatic heterocycles. The summed E-state index contributed by atoms with van der Waals surface area (Å²) in [6.45, 7) is 5.15. The monoisotopic (exact) mass is 703 g/mol. The van der Waals surface area contributed by atoms with Gasteiger partial charge in [-0.15, -0.1) is 0 Å². The van der Waals surface area contributed by atoms with Crippen molar-refractivity contribution in [1.82, 2.24) is 9.97 Å². The highest BCUT2D eigenvalue weighted by molar-refractivity contribution is 7.55. The topological polar surface area (TPSA) is 152 Å². The van der Waals surface area contributed by atoms with Crippen LogP contribution >= 0.6 is 7.60 Å². The fraction of sp³-hybridized carbons (Fsp3) is 0.457. The van der Waals surface area contributed by atoms with Crippen molar-refractivity contribution in [3.05, 3.63) is 70.9 Å². The second-order valence-electron chi connectivity index (χ2n) is 11.3. The summed E-state index contributed by atoms with van der Waals surface area (Å²) in [7, 11) is -4.56. The zero-order chi connectivity index (χ0) is 35.4. The Bertz CT molecular complexity index is 1760. The normalized spacial score (nSPS) is 12.2. The summed E-state index contributed by atoms with van der Waals surface area (Å²) in [6, 6.07) is 13.5.